The molecule has 0 heterocycles. The lowest BCUT2D eigenvalue weighted by molar-refractivity contribution is -0.0288. The molecule has 0 aromatic carbocycles. The minimum absolute atomic E-state index is 1.09. The third-order valence-corrected chi connectivity index (χ3v) is 7.81. The summed E-state index contributed by atoms with van der Waals surface area (Å²) < 4.78 is 0. The Hall–Kier alpha value is -0.560. The maximum Gasteiger partial charge on any atom is 0.0176 e. The highest BCUT2D eigenvalue weighted by molar-refractivity contribution is 4.98. The Morgan fingerprint density at radius 3 is 1.06 bits per heavy atom. The summed E-state index contributed by atoms with van der Waals surface area (Å²) >= 11 is 0. The van der Waals surface area contributed by atoms with Crippen molar-refractivity contribution in [2.75, 3.05) is 26.2 Å². The first-order valence-electron chi connectivity index (χ1n) is 16.6. The first-order valence-corrected chi connectivity index (χ1v) is 16.6. The molecule has 0 aromatic heterocycles. The quantitative estimate of drug-likeness (QED) is 0.0567. The van der Waals surface area contributed by atoms with Crippen molar-refractivity contribution < 1.29 is 0 Å². The highest BCUT2D eigenvalue weighted by Crippen LogP contribution is 2.16. The molecule has 36 heavy (non-hydrogen) atoms. The monoisotopic (exact) mass is 505 g/mol. The van der Waals surface area contributed by atoms with Gasteiger partial charge < -0.3 is 0 Å². The zero-order valence-electron chi connectivity index (χ0n) is 25.7. The Labute approximate surface area is 229 Å². The van der Waals surface area contributed by atoms with Gasteiger partial charge in [0.25, 0.3) is 0 Å². The van der Waals surface area contributed by atoms with Crippen LogP contribution in [0.15, 0.2) is 17.9 Å². The molecular weight excluding hydrogens is 436 g/mol. The van der Waals surface area contributed by atoms with Crippen molar-refractivity contribution in [3.63, 3.8) is 0 Å². The van der Waals surface area contributed by atoms with Crippen molar-refractivity contribution in [1.29, 1.82) is 0 Å². The molecule has 2 nitrogen and oxygen atoms in total. The molecule has 0 radical (unpaired) electrons. The fourth-order valence-corrected chi connectivity index (χ4v) is 5.20. The summed E-state index contributed by atoms with van der Waals surface area (Å²) in [4.78, 5) is 0. The molecular formula is C34H68N2. The lowest BCUT2D eigenvalue weighted by atomic mass is 10.1. The summed E-state index contributed by atoms with van der Waals surface area (Å²) in [5.74, 6) is 0. The van der Waals surface area contributed by atoms with E-state index in [1.165, 1.54) is 160 Å². The smallest absolute Gasteiger partial charge is 0.0176 e. The van der Waals surface area contributed by atoms with Gasteiger partial charge in [-0.05, 0) is 37.7 Å². The molecule has 0 aliphatic heterocycles. The third kappa shape index (κ3) is 22.6. The molecule has 214 valence electrons. The van der Waals surface area contributed by atoms with Crippen LogP contribution in [-0.2, 0) is 0 Å². The molecule has 0 bridgehead atoms. The molecule has 0 aliphatic carbocycles. The summed E-state index contributed by atoms with van der Waals surface area (Å²) in [6.07, 6.45) is 31.5. The summed E-state index contributed by atoms with van der Waals surface area (Å²) in [5.41, 5.74) is 4.61. The van der Waals surface area contributed by atoms with Crippen LogP contribution in [0.3, 0.4) is 0 Å². The number of unbranched alkanes of at least 4 members (excludes halogenated alkanes) is 18. The molecule has 0 fully saturated rings. The van der Waals surface area contributed by atoms with E-state index in [4.69, 9.17) is 0 Å². The van der Waals surface area contributed by atoms with Crippen LogP contribution < -0.4 is 0 Å². The Morgan fingerprint density at radius 1 is 0.444 bits per heavy atom. The van der Waals surface area contributed by atoms with Crippen LogP contribution in [0.25, 0.3) is 0 Å². The molecule has 0 spiro atoms. The summed E-state index contributed by atoms with van der Waals surface area (Å²) in [7, 11) is 0. The number of hydrazine groups is 1. The van der Waals surface area contributed by atoms with Gasteiger partial charge in [0, 0.05) is 26.2 Å². The molecule has 0 saturated heterocycles. The first-order chi connectivity index (χ1) is 17.7. The molecule has 0 atom stereocenters. The van der Waals surface area contributed by atoms with E-state index in [9.17, 15) is 0 Å². The van der Waals surface area contributed by atoms with Gasteiger partial charge in [0.05, 0.1) is 0 Å². The molecule has 2 heteroatoms. The molecule has 0 aromatic rings. The van der Waals surface area contributed by atoms with Crippen LogP contribution in [0.2, 0.25) is 0 Å². The van der Waals surface area contributed by atoms with Gasteiger partial charge in [-0.2, -0.15) is 0 Å². The zero-order valence-corrected chi connectivity index (χ0v) is 25.7. The largest absolute Gasteiger partial charge is 0.242 e. The van der Waals surface area contributed by atoms with E-state index in [0.717, 1.165) is 19.4 Å². The van der Waals surface area contributed by atoms with Crippen molar-refractivity contribution in [3.05, 3.63) is 17.9 Å². The minimum Gasteiger partial charge on any atom is -0.242 e. The van der Waals surface area contributed by atoms with Gasteiger partial charge in [-0.15, -0.1) is 5.73 Å². The van der Waals surface area contributed by atoms with Crippen LogP contribution in [0.5, 0.6) is 0 Å². The second kappa shape index (κ2) is 29.0. The summed E-state index contributed by atoms with van der Waals surface area (Å²) in [5, 5.41) is 5.51. The van der Waals surface area contributed by atoms with Crippen molar-refractivity contribution in [1.82, 2.24) is 10.0 Å². The van der Waals surface area contributed by atoms with E-state index in [1.807, 2.05) is 0 Å². The topological polar surface area (TPSA) is 6.48 Å². The fourth-order valence-electron chi connectivity index (χ4n) is 5.20. The lowest BCUT2D eigenvalue weighted by Gasteiger charge is -2.36. The van der Waals surface area contributed by atoms with Crippen molar-refractivity contribution >= 4 is 0 Å². The Morgan fingerprint density at radius 2 is 0.750 bits per heavy atom. The van der Waals surface area contributed by atoms with Gasteiger partial charge in [0.1, 0.15) is 0 Å². The van der Waals surface area contributed by atoms with Crippen molar-refractivity contribution in [2.24, 2.45) is 0 Å². The predicted octanol–water partition coefficient (Wildman–Crippen LogP) is 11.3. The normalized spacial score (nSPS) is 11.5. The van der Waals surface area contributed by atoms with Gasteiger partial charge in [-0.25, -0.2) is 10.0 Å². The molecule has 0 aliphatic rings. The second-order valence-electron chi connectivity index (χ2n) is 11.2. The van der Waals surface area contributed by atoms with E-state index in [0.29, 0.717) is 0 Å². The molecule has 0 N–H and O–H groups in total. The molecule has 0 saturated carbocycles. The first kappa shape index (κ1) is 35.4. The van der Waals surface area contributed by atoms with Crippen LogP contribution in [0.4, 0.5) is 0 Å². The summed E-state index contributed by atoms with van der Waals surface area (Å²) in [6.45, 7) is 18.0. The highest BCUT2D eigenvalue weighted by atomic mass is 15.6. The van der Waals surface area contributed by atoms with Gasteiger partial charge in [0.15, 0.2) is 0 Å². The van der Waals surface area contributed by atoms with Gasteiger partial charge >= 0.3 is 0 Å². The number of nitrogens with zero attached hydrogens (tertiary/aromatic N) is 2. The average molecular weight is 505 g/mol. The predicted molar refractivity (Wildman–Crippen MR) is 165 cm³/mol. The van der Waals surface area contributed by atoms with E-state index >= 15 is 0 Å². The van der Waals surface area contributed by atoms with Crippen LogP contribution in [0, 0.1) is 0 Å². The van der Waals surface area contributed by atoms with Crippen LogP contribution >= 0.6 is 0 Å². The minimum atomic E-state index is 1.09. The average Bonchev–Trinajstić information content (AvgIpc) is 2.89. The van der Waals surface area contributed by atoms with Crippen molar-refractivity contribution in [3.8, 4) is 0 Å². The van der Waals surface area contributed by atoms with E-state index in [-0.39, 0.29) is 0 Å². The maximum absolute atomic E-state index is 3.95. The standard InChI is InChI=1S/C34H68N2/c1-6-11-14-17-20-23-26-30-35(31-27-24-21-18-15-12-7-2)36(33-29-34(9-4)10-5)32-28-25-22-19-16-13-8-3/h4,6-8,10-33H2,1-3,5H3. The van der Waals surface area contributed by atoms with E-state index in [2.05, 4.69) is 50.0 Å². The third-order valence-electron chi connectivity index (χ3n) is 7.81. The fraction of sp³-hybridized carbons (Fsp3) is 0.912. The lowest BCUT2D eigenvalue weighted by Crippen LogP contribution is -2.45. The Balaban J connectivity index is 4.82. The number of hydrogen-bond acceptors (Lipinski definition) is 2. The Bertz CT molecular complexity index is 462. The van der Waals surface area contributed by atoms with Gasteiger partial charge in [0.2, 0.25) is 0 Å². The van der Waals surface area contributed by atoms with Gasteiger partial charge in [-0.3, -0.25) is 0 Å². The van der Waals surface area contributed by atoms with Crippen LogP contribution in [0.1, 0.15) is 175 Å². The number of hydrogen-bond donors (Lipinski definition) is 0. The van der Waals surface area contributed by atoms with Gasteiger partial charge in [-0.1, -0.05) is 150 Å². The summed E-state index contributed by atoms with van der Waals surface area (Å²) in [6, 6.07) is 0. The molecule has 0 rings (SSSR count). The maximum atomic E-state index is 3.95. The Kier molecular flexibility index (Phi) is 28.6. The zero-order chi connectivity index (χ0) is 26.5. The van der Waals surface area contributed by atoms with Crippen molar-refractivity contribution in [2.45, 2.75) is 175 Å². The van der Waals surface area contributed by atoms with E-state index < -0.39 is 0 Å². The highest BCUT2D eigenvalue weighted by Gasteiger charge is 2.15. The van der Waals surface area contributed by atoms with E-state index in [1.54, 1.807) is 0 Å². The van der Waals surface area contributed by atoms with Crippen LogP contribution in [-0.4, -0.2) is 36.2 Å². The SMILES string of the molecule is C=C=C(CC)CCN(CCCCCCCCC)N(CCCCCCCCC)CCCCCCCCC. The second-order valence-corrected chi connectivity index (χ2v) is 11.2. The molecule has 0 amide bonds. The number of rotatable bonds is 29. The molecule has 0 unspecified atom stereocenters.